The molecule has 0 saturated heterocycles. The zero-order chi connectivity index (χ0) is 14.0. The molecule has 0 heterocycles. The number of unbranched alkanes of at least 4 members (excludes halogenated alkanes) is 1. The van der Waals surface area contributed by atoms with E-state index >= 15 is 0 Å². The van der Waals surface area contributed by atoms with Crippen molar-refractivity contribution in [3.8, 4) is 0 Å². The minimum absolute atomic E-state index is 0.122. The van der Waals surface area contributed by atoms with Crippen LogP contribution in [-0.4, -0.2) is 35.6 Å². The fraction of sp³-hybridized carbons (Fsp3) is 0.833. The highest BCUT2D eigenvalue weighted by Crippen LogP contribution is 1.92. The van der Waals surface area contributed by atoms with Crippen LogP contribution in [0, 0.1) is 0 Å². The molecule has 6 heteroatoms. The molecule has 0 bridgehead atoms. The third-order valence-corrected chi connectivity index (χ3v) is 2.31. The highest BCUT2D eigenvalue weighted by molar-refractivity contribution is 7.80. The van der Waals surface area contributed by atoms with Crippen molar-refractivity contribution >= 4 is 34.8 Å². The summed E-state index contributed by atoms with van der Waals surface area (Å²) in [5, 5.41) is 7.04. The average Bonchev–Trinajstić information content (AvgIpc) is 2.20. The minimum atomic E-state index is 0.122. The number of hydrogen-bond donors (Lipinski definition) is 2. The highest BCUT2D eigenvalue weighted by atomic mass is 32.1. The van der Waals surface area contributed by atoms with Gasteiger partial charge < -0.3 is 20.1 Å². The van der Waals surface area contributed by atoms with Crippen molar-refractivity contribution in [1.82, 2.24) is 10.6 Å². The summed E-state index contributed by atoms with van der Waals surface area (Å²) in [6, 6.07) is 0. The Labute approximate surface area is 121 Å². The van der Waals surface area contributed by atoms with Crippen molar-refractivity contribution in [2.45, 2.75) is 52.7 Å². The molecule has 0 saturated carbocycles. The lowest BCUT2D eigenvalue weighted by atomic mass is 10.3. The minimum Gasteiger partial charge on any atom is -0.468 e. The predicted octanol–water partition coefficient (Wildman–Crippen LogP) is 2.37. The zero-order valence-corrected chi connectivity index (χ0v) is 13.2. The van der Waals surface area contributed by atoms with Crippen molar-refractivity contribution in [3.63, 3.8) is 0 Å². The van der Waals surface area contributed by atoms with Crippen LogP contribution in [0.15, 0.2) is 0 Å². The SMILES string of the molecule is CC(C)OC(=S)NCCCCNC(=S)OC(C)C. The van der Waals surface area contributed by atoms with E-state index in [-0.39, 0.29) is 12.2 Å². The van der Waals surface area contributed by atoms with Gasteiger partial charge in [-0.25, -0.2) is 0 Å². The van der Waals surface area contributed by atoms with Gasteiger partial charge >= 0.3 is 0 Å². The van der Waals surface area contributed by atoms with E-state index in [2.05, 4.69) is 10.6 Å². The summed E-state index contributed by atoms with van der Waals surface area (Å²) in [7, 11) is 0. The Morgan fingerprint density at radius 3 is 1.44 bits per heavy atom. The number of ether oxygens (including phenoxy) is 2. The molecule has 0 aliphatic rings. The van der Waals surface area contributed by atoms with E-state index in [4.69, 9.17) is 33.9 Å². The van der Waals surface area contributed by atoms with E-state index in [1.807, 2.05) is 27.7 Å². The molecule has 2 N–H and O–H groups in total. The summed E-state index contributed by atoms with van der Waals surface area (Å²) in [5.74, 6) is 0. The van der Waals surface area contributed by atoms with Gasteiger partial charge in [-0.15, -0.1) is 0 Å². The topological polar surface area (TPSA) is 42.5 Å². The van der Waals surface area contributed by atoms with Crippen LogP contribution >= 0.6 is 24.4 Å². The summed E-state index contributed by atoms with van der Waals surface area (Å²) < 4.78 is 10.6. The summed E-state index contributed by atoms with van der Waals surface area (Å²) in [6.07, 6.45) is 2.24. The van der Waals surface area contributed by atoms with Crippen LogP contribution in [-0.2, 0) is 9.47 Å². The lowest BCUT2D eigenvalue weighted by Gasteiger charge is -2.13. The van der Waals surface area contributed by atoms with E-state index in [0.29, 0.717) is 10.3 Å². The monoisotopic (exact) mass is 292 g/mol. The van der Waals surface area contributed by atoms with Crippen molar-refractivity contribution < 1.29 is 9.47 Å². The molecule has 0 fully saturated rings. The first-order valence-electron chi connectivity index (χ1n) is 6.30. The molecule has 0 atom stereocenters. The molecular formula is C12H24N2O2S2. The molecule has 0 amide bonds. The Morgan fingerprint density at radius 1 is 0.833 bits per heavy atom. The third-order valence-electron chi connectivity index (χ3n) is 1.83. The largest absolute Gasteiger partial charge is 0.468 e. The lowest BCUT2D eigenvalue weighted by molar-refractivity contribution is 0.222. The number of rotatable bonds is 7. The van der Waals surface area contributed by atoms with Crippen molar-refractivity contribution in [2.24, 2.45) is 0 Å². The van der Waals surface area contributed by atoms with Crippen LogP contribution in [0.4, 0.5) is 0 Å². The maximum atomic E-state index is 5.30. The maximum Gasteiger partial charge on any atom is 0.256 e. The number of hydrogen-bond acceptors (Lipinski definition) is 4. The molecule has 0 aromatic rings. The fourth-order valence-corrected chi connectivity index (χ4v) is 1.73. The van der Waals surface area contributed by atoms with Gasteiger partial charge in [0.15, 0.2) is 0 Å². The Bertz CT molecular complexity index is 232. The summed E-state index contributed by atoms with van der Waals surface area (Å²) in [4.78, 5) is 0. The number of thiocarbonyl (C=S) groups is 2. The molecule has 0 aromatic heterocycles. The summed E-state index contributed by atoms with van der Waals surface area (Å²) >= 11 is 10.0. The first-order valence-corrected chi connectivity index (χ1v) is 7.12. The quantitative estimate of drug-likeness (QED) is 0.555. The van der Waals surface area contributed by atoms with Crippen molar-refractivity contribution in [2.75, 3.05) is 13.1 Å². The first-order chi connectivity index (χ1) is 8.41. The Hall–Kier alpha value is -0.620. The van der Waals surface area contributed by atoms with Crippen LogP contribution in [0.1, 0.15) is 40.5 Å². The molecule has 0 aliphatic heterocycles. The van der Waals surface area contributed by atoms with Gasteiger partial charge in [-0.3, -0.25) is 0 Å². The molecule has 18 heavy (non-hydrogen) atoms. The first kappa shape index (κ1) is 17.4. The molecule has 0 aliphatic carbocycles. The normalized spacial score (nSPS) is 10.3. The van der Waals surface area contributed by atoms with E-state index < -0.39 is 0 Å². The third kappa shape index (κ3) is 11.9. The van der Waals surface area contributed by atoms with Crippen LogP contribution in [0.3, 0.4) is 0 Å². The molecule has 0 aromatic carbocycles. The molecule has 106 valence electrons. The predicted molar refractivity (Wildman–Crippen MR) is 82.9 cm³/mol. The molecule has 0 spiro atoms. The van der Waals surface area contributed by atoms with Gasteiger partial charge in [0.05, 0.1) is 12.2 Å². The lowest BCUT2D eigenvalue weighted by Crippen LogP contribution is -2.29. The maximum absolute atomic E-state index is 5.30. The smallest absolute Gasteiger partial charge is 0.256 e. The fourth-order valence-electron chi connectivity index (χ4n) is 1.14. The summed E-state index contributed by atoms with van der Waals surface area (Å²) in [6.45, 7) is 9.43. The number of nitrogens with one attached hydrogen (secondary N) is 2. The molecule has 0 unspecified atom stereocenters. The van der Waals surface area contributed by atoms with E-state index in [9.17, 15) is 0 Å². The second-order valence-corrected chi connectivity index (χ2v) is 5.21. The van der Waals surface area contributed by atoms with Gasteiger partial charge in [0.1, 0.15) is 0 Å². The molecule has 0 rings (SSSR count). The van der Waals surface area contributed by atoms with Gasteiger partial charge in [0.25, 0.3) is 10.3 Å². The Morgan fingerprint density at radius 2 is 1.17 bits per heavy atom. The standard InChI is InChI=1S/C12H24N2O2S2/c1-9(2)15-11(17)13-7-5-6-8-14-12(18)16-10(3)4/h9-10H,5-8H2,1-4H3,(H,13,17)(H,14,18). The van der Waals surface area contributed by atoms with Gasteiger partial charge in [-0.2, -0.15) is 0 Å². The van der Waals surface area contributed by atoms with Crippen LogP contribution < -0.4 is 10.6 Å². The van der Waals surface area contributed by atoms with Gasteiger partial charge in [-0.05, 0) is 65.0 Å². The van der Waals surface area contributed by atoms with Gasteiger partial charge in [0, 0.05) is 13.1 Å². The van der Waals surface area contributed by atoms with Gasteiger partial charge in [-0.1, -0.05) is 0 Å². The van der Waals surface area contributed by atoms with E-state index in [1.54, 1.807) is 0 Å². The summed E-state index contributed by atoms with van der Waals surface area (Å²) in [5.41, 5.74) is 0. The van der Waals surface area contributed by atoms with Gasteiger partial charge in [0.2, 0.25) is 0 Å². The second-order valence-electron chi connectivity index (χ2n) is 4.47. The molecular weight excluding hydrogens is 268 g/mol. The molecule has 0 radical (unpaired) electrons. The average molecular weight is 292 g/mol. The zero-order valence-electron chi connectivity index (χ0n) is 11.6. The van der Waals surface area contributed by atoms with E-state index in [0.717, 1.165) is 25.9 Å². The Balaban J connectivity index is 3.36. The van der Waals surface area contributed by atoms with Crippen LogP contribution in [0.25, 0.3) is 0 Å². The second kappa shape index (κ2) is 10.3. The van der Waals surface area contributed by atoms with Crippen LogP contribution in [0.2, 0.25) is 0 Å². The van der Waals surface area contributed by atoms with Crippen LogP contribution in [0.5, 0.6) is 0 Å². The van der Waals surface area contributed by atoms with Crippen molar-refractivity contribution in [1.29, 1.82) is 0 Å². The van der Waals surface area contributed by atoms with E-state index in [1.165, 1.54) is 0 Å². The van der Waals surface area contributed by atoms with Crippen molar-refractivity contribution in [3.05, 3.63) is 0 Å². The highest BCUT2D eigenvalue weighted by Gasteiger charge is 2.00. The molecule has 4 nitrogen and oxygen atoms in total. The Kier molecular flexibility index (Phi) is 9.96.